The van der Waals surface area contributed by atoms with Gasteiger partial charge in [-0.25, -0.2) is 4.98 Å². The number of hydrogen-bond acceptors (Lipinski definition) is 3. The number of aliphatic hydroxyl groups excluding tert-OH is 1. The molecule has 1 N–H and O–H groups in total. The van der Waals surface area contributed by atoms with Gasteiger partial charge in [0, 0.05) is 18.8 Å². The van der Waals surface area contributed by atoms with Gasteiger partial charge >= 0.3 is 0 Å². The summed E-state index contributed by atoms with van der Waals surface area (Å²) in [6.07, 6.45) is 1.83. The van der Waals surface area contributed by atoms with Crippen LogP contribution in [-0.2, 0) is 13.7 Å². The van der Waals surface area contributed by atoms with Crippen molar-refractivity contribution in [1.29, 1.82) is 0 Å². The largest absolute Gasteiger partial charge is 0.496 e. The predicted octanol–water partition coefficient (Wildman–Crippen LogP) is 1.90. The van der Waals surface area contributed by atoms with E-state index in [4.69, 9.17) is 9.84 Å². The SMILES string of the molecule is COc1ccc(-c2nc(CO)cn2C)cc1C. The van der Waals surface area contributed by atoms with E-state index in [1.165, 1.54) is 0 Å². The molecule has 17 heavy (non-hydrogen) atoms. The van der Waals surface area contributed by atoms with Crippen LogP contribution in [0.3, 0.4) is 0 Å². The molecule has 1 aromatic heterocycles. The fourth-order valence-electron chi connectivity index (χ4n) is 1.89. The zero-order chi connectivity index (χ0) is 12.4. The van der Waals surface area contributed by atoms with Crippen molar-refractivity contribution in [3.63, 3.8) is 0 Å². The van der Waals surface area contributed by atoms with Crippen molar-refractivity contribution in [1.82, 2.24) is 9.55 Å². The molecule has 0 amide bonds. The quantitative estimate of drug-likeness (QED) is 0.879. The first-order valence-electron chi connectivity index (χ1n) is 5.44. The van der Waals surface area contributed by atoms with Gasteiger partial charge in [0.2, 0.25) is 0 Å². The Kier molecular flexibility index (Phi) is 3.15. The number of imidazole rings is 1. The zero-order valence-electron chi connectivity index (χ0n) is 10.3. The Bertz CT molecular complexity index is 532. The average Bonchev–Trinajstić information content (AvgIpc) is 2.70. The maximum atomic E-state index is 9.06. The molecule has 0 aliphatic rings. The molecule has 0 saturated heterocycles. The van der Waals surface area contributed by atoms with Crippen LogP contribution < -0.4 is 4.74 Å². The Hall–Kier alpha value is -1.81. The Morgan fingerprint density at radius 1 is 1.41 bits per heavy atom. The maximum absolute atomic E-state index is 9.06. The molecule has 0 unspecified atom stereocenters. The highest BCUT2D eigenvalue weighted by atomic mass is 16.5. The van der Waals surface area contributed by atoms with Gasteiger partial charge in [0.25, 0.3) is 0 Å². The number of rotatable bonds is 3. The Morgan fingerprint density at radius 2 is 2.18 bits per heavy atom. The van der Waals surface area contributed by atoms with E-state index in [0.717, 1.165) is 22.7 Å². The summed E-state index contributed by atoms with van der Waals surface area (Å²) < 4.78 is 7.13. The van der Waals surface area contributed by atoms with E-state index in [1.807, 2.05) is 42.9 Å². The van der Waals surface area contributed by atoms with Gasteiger partial charge in [0.15, 0.2) is 0 Å². The molecule has 2 rings (SSSR count). The third kappa shape index (κ3) is 2.17. The van der Waals surface area contributed by atoms with Crippen molar-refractivity contribution in [2.75, 3.05) is 7.11 Å². The van der Waals surface area contributed by atoms with Crippen LogP contribution in [0, 0.1) is 6.92 Å². The number of aliphatic hydroxyl groups is 1. The molecule has 0 aliphatic heterocycles. The third-order valence-corrected chi connectivity index (χ3v) is 2.74. The van der Waals surface area contributed by atoms with E-state index in [9.17, 15) is 0 Å². The van der Waals surface area contributed by atoms with Crippen LogP contribution in [0.4, 0.5) is 0 Å². The molecule has 4 nitrogen and oxygen atoms in total. The van der Waals surface area contributed by atoms with Gasteiger partial charge in [-0.1, -0.05) is 0 Å². The third-order valence-electron chi connectivity index (χ3n) is 2.74. The van der Waals surface area contributed by atoms with Gasteiger partial charge in [-0.15, -0.1) is 0 Å². The van der Waals surface area contributed by atoms with Crippen molar-refractivity contribution in [2.24, 2.45) is 7.05 Å². The van der Waals surface area contributed by atoms with Crippen molar-refractivity contribution < 1.29 is 9.84 Å². The molecule has 0 spiro atoms. The minimum Gasteiger partial charge on any atom is -0.496 e. The smallest absolute Gasteiger partial charge is 0.140 e. The number of methoxy groups -OCH3 is 1. The van der Waals surface area contributed by atoms with Gasteiger partial charge < -0.3 is 14.4 Å². The van der Waals surface area contributed by atoms with E-state index in [1.54, 1.807) is 7.11 Å². The lowest BCUT2D eigenvalue weighted by molar-refractivity contribution is 0.277. The first-order chi connectivity index (χ1) is 8.15. The van der Waals surface area contributed by atoms with Crippen molar-refractivity contribution in [2.45, 2.75) is 13.5 Å². The highest BCUT2D eigenvalue weighted by Crippen LogP contribution is 2.25. The Labute approximate surface area is 100 Å². The summed E-state index contributed by atoms with van der Waals surface area (Å²) in [6.45, 7) is 1.96. The lowest BCUT2D eigenvalue weighted by atomic mass is 10.1. The number of hydrogen-bond donors (Lipinski definition) is 1. The number of ether oxygens (including phenoxy) is 1. The van der Waals surface area contributed by atoms with E-state index in [-0.39, 0.29) is 6.61 Å². The zero-order valence-corrected chi connectivity index (χ0v) is 10.3. The van der Waals surface area contributed by atoms with Gasteiger partial charge in [-0.2, -0.15) is 0 Å². The minimum atomic E-state index is -0.0387. The summed E-state index contributed by atoms with van der Waals surface area (Å²) in [7, 11) is 3.58. The van der Waals surface area contributed by atoms with Gasteiger partial charge in [0.1, 0.15) is 11.6 Å². The second-order valence-electron chi connectivity index (χ2n) is 4.01. The summed E-state index contributed by atoms with van der Waals surface area (Å²) in [5, 5.41) is 9.06. The van der Waals surface area contributed by atoms with E-state index < -0.39 is 0 Å². The normalized spacial score (nSPS) is 10.6. The first kappa shape index (κ1) is 11.7. The lowest BCUT2D eigenvalue weighted by Gasteiger charge is -2.07. The molecule has 0 atom stereocenters. The fourth-order valence-corrected chi connectivity index (χ4v) is 1.89. The van der Waals surface area contributed by atoms with Crippen LogP contribution in [0.2, 0.25) is 0 Å². The van der Waals surface area contributed by atoms with Gasteiger partial charge in [-0.3, -0.25) is 0 Å². The molecule has 1 aromatic carbocycles. The Morgan fingerprint density at radius 3 is 2.71 bits per heavy atom. The first-order valence-corrected chi connectivity index (χ1v) is 5.44. The summed E-state index contributed by atoms with van der Waals surface area (Å²) >= 11 is 0. The minimum absolute atomic E-state index is 0.0387. The van der Waals surface area contributed by atoms with Crippen LogP contribution in [0.5, 0.6) is 5.75 Å². The number of aromatic nitrogens is 2. The Balaban J connectivity index is 2.45. The molecule has 2 aromatic rings. The monoisotopic (exact) mass is 232 g/mol. The second kappa shape index (κ2) is 4.59. The van der Waals surface area contributed by atoms with Crippen molar-refractivity contribution in [3.05, 3.63) is 35.7 Å². The number of aryl methyl sites for hydroxylation is 2. The fraction of sp³-hybridized carbons (Fsp3) is 0.308. The molecule has 0 fully saturated rings. The molecular weight excluding hydrogens is 216 g/mol. The topological polar surface area (TPSA) is 47.3 Å². The molecule has 0 radical (unpaired) electrons. The maximum Gasteiger partial charge on any atom is 0.140 e. The molecule has 0 bridgehead atoms. The number of benzene rings is 1. The number of nitrogens with zero attached hydrogens (tertiary/aromatic N) is 2. The van der Waals surface area contributed by atoms with Crippen LogP contribution in [-0.4, -0.2) is 21.8 Å². The van der Waals surface area contributed by atoms with E-state index in [0.29, 0.717) is 5.69 Å². The molecule has 1 heterocycles. The predicted molar refractivity (Wildman–Crippen MR) is 65.9 cm³/mol. The summed E-state index contributed by atoms with van der Waals surface area (Å²) in [5.41, 5.74) is 2.76. The highest BCUT2D eigenvalue weighted by molar-refractivity contribution is 5.59. The highest BCUT2D eigenvalue weighted by Gasteiger charge is 2.08. The second-order valence-corrected chi connectivity index (χ2v) is 4.01. The van der Waals surface area contributed by atoms with E-state index >= 15 is 0 Å². The van der Waals surface area contributed by atoms with Crippen LogP contribution in [0.15, 0.2) is 24.4 Å². The van der Waals surface area contributed by atoms with Gasteiger partial charge in [0.05, 0.1) is 19.4 Å². The van der Waals surface area contributed by atoms with E-state index in [2.05, 4.69) is 4.98 Å². The molecule has 90 valence electrons. The summed E-state index contributed by atoms with van der Waals surface area (Å²) in [5.74, 6) is 1.71. The molecule has 0 saturated carbocycles. The van der Waals surface area contributed by atoms with Crippen LogP contribution in [0.1, 0.15) is 11.3 Å². The lowest BCUT2D eigenvalue weighted by Crippen LogP contribution is -1.93. The summed E-state index contributed by atoms with van der Waals surface area (Å²) in [4.78, 5) is 4.37. The standard InChI is InChI=1S/C13H16N2O2/c1-9-6-10(4-5-12(9)17-3)13-14-11(8-16)7-15(13)2/h4-7,16H,8H2,1-3H3. The van der Waals surface area contributed by atoms with Gasteiger partial charge in [-0.05, 0) is 30.7 Å². The van der Waals surface area contributed by atoms with Crippen LogP contribution in [0.25, 0.3) is 11.4 Å². The molecular formula is C13H16N2O2. The molecule has 4 heteroatoms. The van der Waals surface area contributed by atoms with Crippen molar-refractivity contribution >= 4 is 0 Å². The average molecular weight is 232 g/mol. The summed E-state index contributed by atoms with van der Waals surface area (Å²) in [6, 6.07) is 5.93. The molecule has 0 aliphatic carbocycles. The van der Waals surface area contributed by atoms with Crippen LogP contribution >= 0.6 is 0 Å². The van der Waals surface area contributed by atoms with Crippen molar-refractivity contribution in [3.8, 4) is 17.1 Å².